The fourth-order valence-electron chi connectivity index (χ4n) is 6.45. The molecule has 18 nitrogen and oxygen atoms in total. The van der Waals surface area contributed by atoms with Gasteiger partial charge in [0.2, 0.25) is 15.9 Å². The van der Waals surface area contributed by atoms with Gasteiger partial charge in [-0.05, 0) is 79.5 Å². The molecule has 1 unspecified atom stereocenters. The van der Waals surface area contributed by atoms with Crippen LogP contribution in [-0.2, 0) is 54.8 Å². The van der Waals surface area contributed by atoms with Gasteiger partial charge in [0, 0.05) is 18.7 Å². The Balaban J connectivity index is 1.63. The lowest BCUT2D eigenvalue weighted by Crippen LogP contribution is -2.47. The minimum atomic E-state index is -1.96. The molecule has 4 heterocycles. The Hall–Kier alpha value is -5.68. The van der Waals surface area contributed by atoms with Gasteiger partial charge in [-0.15, -0.1) is 17.8 Å². The number of hydrogen-bond acceptors (Lipinski definition) is 17. The number of nitrogens with zero attached hydrogens (tertiary/aromatic N) is 6. The van der Waals surface area contributed by atoms with E-state index in [1.807, 2.05) is 6.07 Å². The second-order valence-electron chi connectivity index (χ2n) is 16.2. The minimum Gasteiger partial charge on any atom is -0.464 e. The molecule has 2 amide bonds. The molecule has 0 N–H and O–H groups in total. The predicted octanol–water partition coefficient (Wildman–Crippen LogP) is 6.98. The second kappa shape index (κ2) is 18.7. The number of carbonyl (C=O) groups excluding carboxylic acids is 5. The zero-order valence-corrected chi connectivity index (χ0v) is 37.6. The topological polar surface area (TPSA) is 210 Å². The molecule has 3 aromatic heterocycles. The summed E-state index contributed by atoms with van der Waals surface area (Å²) in [6.45, 7) is 15.4. The van der Waals surface area contributed by atoms with Crippen molar-refractivity contribution in [2.45, 2.75) is 111 Å². The van der Waals surface area contributed by atoms with Crippen molar-refractivity contribution >= 4 is 70.0 Å². The number of imidazole rings is 1. The van der Waals surface area contributed by atoms with Gasteiger partial charge in [0.05, 0.1) is 37.3 Å². The highest BCUT2D eigenvalue weighted by molar-refractivity contribution is 7.11. The van der Waals surface area contributed by atoms with Gasteiger partial charge < -0.3 is 33.2 Å². The maximum atomic E-state index is 14.2. The summed E-state index contributed by atoms with van der Waals surface area (Å²) in [6.07, 6.45) is 1.39. The number of benzene rings is 1. The Bertz CT molecular complexity index is 2320. The highest BCUT2D eigenvalue weighted by Crippen LogP contribution is 2.47. The van der Waals surface area contributed by atoms with Gasteiger partial charge in [-0.25, -0.2) is 29.1 Å². The first kappa shape index (κ1) is 47.4. The van der Waals surface area contributed by atoms with Crippen LogP contribution < -0.4 is 4.90 Å². The summed E-state index contributed by atoms with van der Waals surface area (Å²) in [5.74, 6) is 0.123. The average molecular weight is 897 g/mol. The van der Waals surface area contributed by atoms with E-state index in [-0.39, 0.29) is 47.3 Å². The van der Waals surface area contributed by atoms with Crippen LogP contribution in [0.5, 0.6) is 0 Å². The maximum absolute atomic E-state index is 14.2. The number of imide groups is 1. The molecule has 62 heavy (non-hydrogen) atoms. The summed E-state index contributed by atoms with van der Waals surface area (Å²) >= 11 is 7.44. The van der Waals surface area contributed by atoms with Crippen LogP contribution in [0.25, 0.3) is 11.2 Å². The molecule has 332 valence electrons. The summed E-state index contributed by atoms with van der Waals surface area (Å²) in [5, 5.41) is 1.08. The smallest absolute Gasteiger partial charge is 0.425 e. The Morgan fingerprint density at radius 1 is 0.968 bits per heavy atom. The molecule has 20 heteroatoms. The number of terminal acetylenes is 1. The van der Waals surface area contributed by atoms with Crippen LogP contribution in [0.3, 0.4) is 0 Å². The monoisotopic (exact) mass is 896 g/mol. The maximum Gasteiger partial charge on any atom is 0.425 e. The van der Waals surface area contributed by atoms with E-state index in [0.717, 1.165) is 11.3 Å². The molecule has 1 aliphatic heterocycles. The molecule has 4 aromatic rings. The number of halogens is 1. The van der Waals surface area contributed by atoms with E-state index in [4.69, 9.17) is 51.2 Å². The van der Waals surface area contributed by atoms with Crippen LogP contribution >= 0.6 is 22.9 Å². The lowest BCUT2D eigenvalue weighted by molar-refractivity contribution is -0.182. The number of amides is 2. The van der Waals surface area contributed by atoms with Gasteiger partial charge in [-0.2, -0.15) is 14.9 Å². The standard InChI is InChI=1S/C42H49ClN6O12S/c1-12-41(11)27(21-57-42(35(52)56-14-3,20-25-18-16-15-17-19-25)26-22-62-32(45-26)34(51)55-13-2)59-33(29(41)58-24(4)50)48-23-44-28-30(48)46-36(43)47-31(28)49(37(53)60-39(5,6)7)38(54)61-40(8,9)10/h1,15-19,22-23,27,29,33H,13-14,20-21H2,2-11H3/t27-,29+,33-,41+,42?/m1/s1. The first-order chi connectivity index (χ1) is 29.1. The Morgan fingerprint density at radius 2 is 1.60 bits per heavy atom. The molecule has 0 bridgehead atoms. The normalized spacial score (nSPS) is 19.8. The van der Waals surface area contributed by atoms with Crippen molar-refractivity contribution in [1.29, 1.82) is 0 Å². The van der Waals surface area contributed by atoms with Crippen molar-refractivity contribution in [3.63, 3.8) is 0 Å². The summed E-state index contributed by atoms with van der Waals surface area (Å²) in [6, 6.07) is 8.97. The Kier molecular flexibility index (Phi) is 14.3. The van der Waals surface area contributed by atoms with Crippen LogP contribution in [0.1, 0.15) is 96.5 Å². The van der Waals surface area contributed by atoms with Gasteiger partial charge in [-0.3, -0.25) is 9.36 Å². The van der Waals surface area contributed by atoms with Crippen molar-refractivity contribution < 1.29 is 57.1 Å². The number of ether oxygens (including phenoxy) is 7. The highest BCUT2D eigenvalue weighted by Gasteiger charge is 2.58. The van der Waals surface area contributed by atoms with Crippen LogP contribution in [-0.4, -0.2) is 97.8 Å². The van der Waals surface area contributed by atoms with E-state index < -0.39 is 82.6 Å². The zero-order chi connectivity index (χ0) is 45.8. The first-order valence-electron chi connectivity index (χ1n) is 19.5. The Labute approximate surface area is 367 Å². The molecule has 0 aliphatic carbocycles. The molecule has 0 saturated carbocycles. The summed E-state index contributed by atoms with van der Waals surface area (Å²) < 4.78 is 42.4. The summed E-state index contributed by atoms with van der Waals surface area (Å²) in [7, 11) is 0. The summed E-state index contributed by atoms with van der Waals surface area (Å²) in [5.41, 5.74) is -5.01. The largest absolute Gasteiger partial charge is 0.464 e. The summed E-state index contributed by atoms with van der Waals surface area (Å²) in [4.78, 5) is 85.1. The number of esters is 3. The van der Waals surface area contributed by atoms with Gasteiger partial charge in [0.25, 0.3) is 0 Å². The lowest BCUT2D eigenvalue weighted by atomic mass is 9.81. The van der Waals surface area contributed by atoms with Gasteiger partial charge >= 0.3 is 30.1 Å². The van der Waals surface area contributed by atoms with E-state index >= 15 is 0 Å². The molecule has 1 fully saturated rings. The fraction of sp³-hybridized carbons (Fsp3) is 0.500. The highest BCUT2D eigenvalue weighted by atomic mass is 35.5. The SMILES string of the molecule is C#C[C@@]1(C)[C@@H](COC(Cc2ccccc2)(C(=O)OCC)c2csc(C(=O)OCC)n2)O[C@@H](n2cnc3c(N(C(=O)OC(C)(C)C)C(=O)OC(C)(C)C)nc(Cl)nc32)[C@@H]1OC(C)=O. The van der Waals surface area contributed by atoms with Crippen LogP contribution in [0.2, 0.25) is 5.28 Å². The molecule has 5 atom stereocenters. The third kappa shape index (κ3) is 10.3. The zero-order valence-electron chi connectivity index (χ0n) is 36.0. The molecule has 1 aromatic carbocycles. The quantitative estimate of drug-likeness (QED) is 0.0574. The number of anilines is 1. The van der Waals surface area contributed by atoms with Gasteiger partial charge in [0.15, 0.2) is 29.3 Å². The van der Waals surface area contributed by atoms with E-state index in [1.165, 1.54) is 23.2 Å². The number of hydrogen-bond donors (Lipinski definition) is 0. The molecular weight excluding hydrogens is 848 g/mol. The molecule has 0 radical (unpaired) electrons. The second-order valence-corrected chi connectivity index (χ2v) is 17.4. The average Bonchev–Trinajstić information content (AvgIpc) is 3.90. The number of carbonyl (C=O) groups is 5. The third-order valence-electron chi connectivity index (χ3n) is 9.19. The fourth-order valence-corrected chi connectivity index (χ4v) is 7.38. The number of aromatic nitrogens is 5. The van der Waals surface area contributed by atoms with Crippen molar-refractivity contribution in [2.75, 3.05) is 24.7 Å². The lowest BCUT2D eigenvalue weighted by Gasteiger charge is -2.34. The van der Waals surface area contributed by atoms with Crippen molar-refractivity contribution in [3.05, 3.63) is 63.6 Å². The third-order valence-corrected chi connectivity index (χ3v) is 10.2. The molecule has 0 spiro atoms. The predicted molar refractivity (Wildman–Crippen MR) is 224 cm³/mol. The van der Waals surface area contributed by atoms with E-state index in [2.05, 4.69) is 25.9 Å². The minimum absolute atomic E-state index is 0.0170. The number of thiazole rings is 1. The number of rotatable bonds is 13. The molecule has 1 saturated heterocycles. The van der Waals surface area contributed by atoms with Crippen LogP contribution in [0, 0.1) is 17.8 Å². The van der Waals surface area contributed by atoms with Crippen LogP contribution in [0.4, 0.5) is 15.4 Å². The van der Waals surface area contributed by atoms with Gasteiger partial charge in [0.1, 0.15) is 17.3 Å². The van der Waals surface area contributed by atoms with E-state index in [9.17, 15) is 24.0 Å². The van der Waals surface area contributed by atoms with Crippen LogP contribution in [0.15, 0.2) is 42.0 Å². The Morgan fingerprint density at radius 3 is 2.16 bits per heavy atom. The van der Waals surface area contributed by atoms with Crippen molar-refractivity contribution in [2.24, 2.45) is 5.41 Å². The van der Waals surface area contributed by atoms with E-state index in [1.54, 1.807) is 86.6 Å². The molecule has 5 rings (SSSR count). The molecule has 1 aliphatic rings. The van der Waals surface area contributed by atoms with Crippen molar-refractivity contribution in [3.8, 4) is 12.3 Å². The van der Waals surface area contributed by atoms with Crippen molar-refractivity contribution in [1.82, 2.24) is 24.5 Å². The van der Waals surface area contributed by atoms with E-state index in [0.29, 0.717) is 10.5 Å². The van der Waals surface area contributed by atoms with Gasteiger partial charge in [-0.1, -0.05) is 36.3 Å². The number of fused-ring (bicyclic) bond motifs is 1. The molecular formula is C42H49ClN6O12S. The first-order valence-corrected chi connectivity index (χ1v) is 20.8.